The number of fused-ring (bicyclic) bond motifs is 10. The molecule has 2 heterocycles. The second kappa shape index (κ2) is 12.5. The highest BCUT2D eigenvalue weighted by atomic mass is 32.2. The number of nitriles is 1. The van der Waals surface area contributed by atoms with Gasteiger partial charge < -0.3 is 5.73 Å². The Hall–Kier alpha value is -7.13. The van der Waals surface area contributed by atoms with Crippen molar-refractivity contribution in [1.82, 2.24) is 9.55 Å². The Balaban J connectivity index is 1.13. The van der Waals surface area contributed by atoms with Gasteiger partial charge in [-0.2, -0.15) is 5.26 Å². The van der Waals surface area contributed by atoms with E-state index in [2.05, 4.69) is 162 Å². The van der Waals surface area contributed by atoms with Gasteiger partial charge in [0.15, 0.2) is 0 Å². The van der Waals surface area contributed by atoms with E-state index in [1.807, 2.05) is 36.0 Å². The van der Waals surface area contributed by atoms with Crippen LogP contribution in [-0.4, -0.2) is 9.55 Å². The van der Waals surface area contributed by atoms with Crippen LogP contribution in [0.3, 0.4) is 0 Å². The molecule has 0 saturated carbocycles. The number of aromatic nitrogens is 2. The number of benzene rings is 8. The number of imidazole rings is 1. The number of hydrogen-bond acceptors (Lipinski definition) is 4. The van der Waals surface area contributed by atoms with Crippen molar-refractivity contribution >= 4 is 28.5 Å². The number of anilines is 1. The first kappa shape index (κ1) is 32.3. The quantitative estimate of drug-likeness (QED) is 0.183. The van der Waals surface area contributed by atoms with Crippen LogP contribution in [-0.2, 0) is 5.41 Å². The molecule has 0 atom stereocenters. The fraction of sp³-hybridized carbons (Fsp3) is 0.0196. The zero-order valence-electron chi connectivity index (χ0n) is 30.1. The Kier molecular flexibility index (Phi) is 7.19. The highest BCUT2D eigenvalue weighted by Gasteiger charge is 2.50. The van der Waals surface area contributed by atoms with Crippen molar-refractivity contribution in [2.45, 2.75) is 15.2 Å². The van der Waals surface area contributed by atoms with E-state index in [0.29, 0.717) is 11.3 Å². The van der Waals surface area contributed by atoms with Gasteiger partial charge in [0.2, 0.25) is 0 Å². The van der Waals surface area contributed by atoms with E-state index < -0.39 is 5.41 Å². The Labute approximate surface area is 329 Å². The van der Waals surface area contributed by atoms with Crippen LogP contribution in [0.4, 0.5) is 5.69 Å². The van der Waals surface area contributed by atoms with Crippen LogP contribution in [0.1, 0.15) is 27.8 Å². The van der Waals surface area contributed by atoms with E-state index >= 15 is 0 Å². The van der Waals surface area contributed by atoms with Gasteiger partial charge in [-0.15, -0.1) is 0 Å². The summed E-state index contributed by atoms with van der Waals surface area (Å²) < 4.78 is 2.24. The molecule has 56 heavy (non-hydrogen) atoms. The maximum absolute atomic E-state index is 9.95. The Morgan fingerprint density at radius 2 is 1.20 bits per heavy atom. The number of hydrogen-bond donors (Lipinski definition) is 1. The van der Waals surface area contributed by atoms with Crippen LogP contribution in [0.15, 0.2) is 192 Å². The van der Waals surface area contributed by atoms with E-state index in [1.54, 1.807) is 6.07 Å². The third kappa shape index (κ3) is 4.70. The van der Waals surface area contributed by atoms with Gasteiger partial charge in [0.25, 0.3) is 0 Å². The lowest BCUT2D eigenvalue weighted by Crippen LogP contribution is -2.31. The first-order valence-electron chi connectivity index (χ1n) is 18.7. The maximum atomic E-state index is 9.95. The SMILES string of the molecule is N#Cc1cc(N)cc(-c2cccc3c2-c2cc(-c4ccc(-c5nc6ccccc6n5-c5ccccc5)cc4)ccc2C32c3ccccc3Sc3ccccc32)c1. The minimum Gasteiger partial charge on any atom is -0.399 e. The third-order valence-corrected chi connectivity index (χ3v) is 12.6. The van der Waals surface area contributed by atoms with Gasteiger partial charge >= 0.3 is 0 Å². The van der Waals surface area contributed by atoms with Gasteiger partial charge in [-0.1, -0.05) is 133 Å². The van der Waals surface area contributed by atoms with Crippen molar-refractivity contribution in [1.29, 1.82) is 5.26 Å². The summed E-state index contributed by atoms with van der Waals surface area (Å²) in [6, 6.07) is 66.9. The van der Waals surface area contributed by atoms with Crippen molar-refractivity contribution in [3.8, 4) is 56.5 Å². The largest absolute Gasteiger partial charge is 0.399 e. The van der Waals surface area contributed by atoms with E-state index in [9.17, 15) is 5.26 Å². The van der Waals surface area contributed by atoms with Crippen LogP contribution in [0.2, 0.25) is 0 Å². The normalized spacial score (nSPS) is 13.1. The summed E-state index contributed by atoms with van der Waals surface area (Å²) >= 11 is 1.84. The molecule has 0 bridgehead atoms. The number of nitrogens with two attached hydrogens (primary N) is 1. The molecular weight excluding hydrogens is 701 g/mol. The summed E-state index contributed by atoms with van der Waals surface area (Å²) in [5.74, 6) is 0.907. The third-order valence-electron chi connectivity index (χ3n) is 11.4. The lowest BCUT2D eigenvalue weighted by atomic mass is 9.67. The summed E-state index contributed by atoms with van der Waals surface area (Å²) in [5, 5.41) is 9.95. The second-order valence-corrected chi connectivity index (χ2v) is 15.5. The van der Waals surface area contributed by atoms with Gasteiger partial charge in [0, 0.05) is 26.7 Å². The van der Waals surface area contributed by atoms with Crippen LogP contribution in [0.5, 0.6) is 0 Å². The summed E-state index contributed by atoms with van der Waals surface area (Å²) in [6.45, 7) is 0. The van der Waals surface area contributed by atoms with Crippen molar-refractivity contribution in [3.05, 3.63) is 210 Å². The Bertz CT molecular complexity index is 3040. The van der Waals surface area contributed by atoms with Gasteiger partial charge in [0.05, 0.1) is 28.1 Å². The van der Waals surface area contributed by atoms with Gasteiger partial charge in [0.1, 0.15) is 5.82 Å². The maximum Gasteiger partial charge on any atom is 0.145 e. The predicted octanol–water partition coefficient (Wildman–Crippen LogP) is 12.3. The summed E-state index contributed by atoms with van der Waals surface area (Å²) in [6.07, 6.45) is 0. The molecule has 8 aromatic carbocycles. The van der Waals surface area contributed by atoms with E-state index in [4.69, 9.17) is 10.7 Å². The van der Waals surface area contributed by atoms with Gasteiger partial charge in [-0.25, -0.2) is 4.98 Å². The highest BCUT2D eigenvalue weighted by molar-refractivity contribution is 7.99. The molecule has 5 heteroatoms. The molecular formula is C51H32N4S. The van der Waals surface area contributed by atoms with Crippen molar-refractivity contribution in [3.63, 3.8) is 0 Å². The molecule has 0 amide bonds. The lowest BCUT2D eigenvalue weighted by Gasteiger charge is -2.39. The van der Waals surface area contributed by atoms with E-state index in [-0.39, 0.29) is 0 Å². The molecule has 4 nitrogen and oxygen atoms in total. The Morgan fingerprint density at radius 3 is 1.96 bits per heavy atom. The number of rotatable bonds is 4. The molecule has 9 aromatic rings. The number of para-hydroxylation sites is 3. The topological polar surface area (TPSA) is 67.6 Å². The van der Waals surface area contributed by atoms with Gasteiger partial charge in [-0.3, -0.25) is 4.57 Å². The Morgan fingerprint density at radius 1 is 0.536 bits per heavy atom. The fourth-order valence-corrected chi connectivity index (χ4v) is 10.3. The molecule has 262 valence electrons. The molecule has 1 spiro atoms. The number of nitrogens with zero attached hydrogens (tertiary/aromatic N) is 3. The summed E-state index contributed by atoms with van der Waals surface area (Å²) in [5.41, 5.74) is 22.8. The molecule has 0 saturated heterocycles. The molecule has 1 aromatic heterocycles. The second-order valence-electron chi connectivity index (χ2n) is 14.5. The molecule has 11 rings (SSSR count). The summed E-state index contributed by atoms with van der Waals surface area (Å²) in [7, 11) is 0. The summed E-state index contributed by atoms with van der Waals surface area (Å²) in [4.78, 5) is 7.62. The van der Waals surface area contributed by atoms with Crippen LogP contribution in [0.25, 0.3) is 61.5 Å². The first-order valence-corrected chi connectivity index (χ1v) is 19.5. The molecule has 0 unspecified atom stereocenters. The first-order chi connectivity index (χ1) is 27.6. The minimum atomic E-state index is -0.531. The van der Waals surface area contributed by atoms with Crippen LogP contribution >= 0.6 is 11.8 Å². The average Bonchev–Trinajstić information content (AvgIpc) is 3.78. The zero-order chi connectivity index (χ0) is 37.4. The predicted molar refractivity (Wildman–Crippen MR) is 228 cm³/mol. The standard InChI is InChI=1S/C51H32N4S/c52-31-32-27-36(29-37(53)28-32)39-13-10-16-44-49(39)40-30-35(25-26-41(40)51(44)42-14-4-8-19-47(42)56-48-20-9-5-15-43(48)51)33-21-23-34(24-22-33)50-54-45-17-6-7-18-46(45)55(50)38-11-2-1-3-12-38/h1-30H,53H2. The fourth-order valence-electron chi connectivity index (χ4n) is 9.11. The van der Waals surface area contributed by atoms with E-state index in [0.717, 1.165) is 50.4 Å². The van der Waals surface area contributed by atoms with Crippen molar-refractivity contribution in [2.24, 2.45) is 0 Å². The highest BCUT2D eigenvalue weighted by Crippen LogP contribution is 2.63. The van der Waals surface area contributed by atoms with Crippen LogP contribution < -0.4 is 5.73 Å². The molecule has 0 radical (unpaired) electrons. The smallest absolute Gasteiger partial charge is 0.145 e. The van der Waals surface area contributed by atoms with Crippen LogP contribution in [0, 0.1) is 11.3 Å². The minimum absolute atomic E-state index is 0.531. The number of nitrogen functional groups attached to an aromatic ring is 1. The molecule has 2 aliphatic rings. The lowest BCUT2D eigenvalue weighted by molar-refractivity contribution is 0.722. The zero-order valence-corrected chi connectivity index (χ0v) is 31.0. The molecule has 0 fully saturated rings. The van der Waals surface area contributed by atoms with Crippen molar-refractivity contribution < 1.29 is 0 Å². The molecule has 2 N–H and O–H groups in total. The van der Waals surface area contributed by atoms with Crippen molar-refractivity contribution in [2.75, 3.05) is 5.73 Å². The van der Waals surface area contributed by atoms with Gasteiger partial charge in [-0.05, 0) is 116 Å². The monoisotopic (exact) mass is 732 g/mol. The molecule has 1 aliphatic heterocycles. The van der Waals surface area contributed by atoms with E-state index in [1.165, 1.54) is 43.2 Å². The molecule has 1 aliphatic carbocycles. The average molecular weight is 733 g/mol.